The van der Waals surface area contributed by atoms with Gasteiger partial charge in [0.1, 0.15) is 5.76 Å². The summed E-state index contributed by atoms with van der Waals surface area (Å²) >= 11 is 1.52. The number of aryl methyl sites for hydroxylation is 2. The van der Waals surface area contributed by atoms with Gasteiger partial charge in [0.2, 0.25) is 5.91 Å². The van der Waals surface area contributed by atoms with Gasteiger partial charge in [0.05, 0.1) is 5.69 Å². The second kappa shape index (κ2) is 5.58. The van der Waals surface area contributed by atoms with Gasteiger partial charge in [0, 0.05) is 25.3 Å². The zero-order chi connectivity index (χ0) is 12.3. The van der Waals surface area contributed by atoms with Crippen LogP contribution in [0.3, 0.4) is 0 Å². The van der Waals surface area contributed by atoms with E-state index >= 15 is 0 Å². The summed E-state index contributed by atoms with van der Waals surface area (Å²) in [5.41, 5.74) is 0.929. The summed E-state index contributed by atoms with van der Waals surface area (Å²) in [5.74, 6) is 1.86. The summed E-state index contributed by atoms with van der Waals surface area (Å²) in [4.78, 5) is 18.0. The number of thioether (sulfide) groups is 1. The smallest absolute Gasteiger partial charge is 0.256 e. The number of aromatic nitrogens is 1. The van der Waals surface area contributed by atoms with Crippen LogP contribution in [-0.2, 0) is 4.79 Å². The molecule has 1 aliphatic heterocycles. The fourth-order valence-corrected chi connectivity index (χ4v) is 2.69. The Morgan fingerprint density at radius 1 is 1.41 bits per heavy atom. The number of oxazole rings is 1. The fourth-order valence-electron chi connectivity index (χ4n) is 1.86. The molecule has 1 fully saturated rings. The monoisotopic (exact) mass is 254 g/mol. The lowest BCUT2D eigenvalue weighted by Crippen LogP contribution is -2.27. The van der Waals surface area contributed by atoms with Crippen molar-refractivity contribution < 1.29 is 9.21 Å². The van der Waals surface area contributed by atoms with Crippen LogP contribution in [0.1, 0.15) is 30.7 Å². The lowest BCUT2D eigenvalue weighted by molar-refractivity contribution is -0.129. The Labute approximate surface area is 106 Å². The molecule has 0 radical (unpaired) electrons. The van der Waals surface area contributed by atoms with Crippen LogP contribution < -0.4 is 0 Å². The molecule has 2 rings (SSSR count). The predicted octanol–water partition coefficient (Wildman–Crippen LogP) is 2.40. The highest BCUT2D eigenvalue weighted by Gasteiger charge is 2.17. The number of hydrogen-bond donors (Lipinski definition) is 0. The predicted molar refractivity (Wildman–Crippen MR) is 67.1 cm³/mol. The first-order valence-electron chi connectivity index (χ1n) is 6.01. The number of hydrogen-bond acceptors (Lipinski definition) is 4. The van der Waals surface area contributed by atoms with Gasteiger partial charge in [0.15, 0.2) is 0 Å². The SMILES string of the molecule is Cc1nc(SCCC(=O)N2CCCC2)oc1C. The Hall–Kier alpha value is -0.970. The maximum atomic E-state index is 11.8. The minimum atomic E-state index is 0.259. The van der Waals surface area contributed by atoms with Crippen molar-refractivity contribution in [3.05, 3.63) is 11.5 Å². The first-order chi connectivity index (χ1) is 8.16. The molecule has 1 aromatic heterocycles. The topological polar surface area (TPSA) is 46.3 Å². The van der Waals surface area contributed by atoms with E-state index < -0.39 is 0 Å². The molecule has 0 aromatic carbocycles. The average Bonchev–Trinajstić information content (AvgIpc) is 2.90. The average molecular weight is 254 g/mol. The molecule has 1 aliphatic rings. The Balaban J connectivity index is 1.73. The van der Waals surface area contributed by atoms with Crippen molar-refractivity contribution in [2.24, 2.45) is 0 Å². The van der Waals surface area contributed by atoms with E-state index in [1.165, 1.54) is 11.8 Å². The van der Waals surface area contributed by atoms with Crippen molar-refractivity contribution >= 4 is 17.7 Å². The van der Waals surface area contributed by atoms with Crippen LogP contribution in [0.25, 0.3) is 0 Å². The molecule has 94 valence electrons. The first-order valence-corrected chi connectivity index (χ1v) is 7.00. The molecule has 0 spiro atoms. The van der Waals surface area contributed by atoms with E-state index in [9.17, 15) is 4.79 Å². The molecule has 0 saturated carbocycles. The van der Waals surface area contributed by atoms with Crippen molar-refractivity contribution in [3.63, 3.8) is 0 Å². The number of amides is 1. The van der Waals surface area contributed by atoms with Gasteiger partial charge in [-0.25, -0.2) is 4.98 Å². The highest BCUT2D eigenvalue weighted by atomic mass is 32.2. The van der Waals surface area contributed by atoms with E-state index in [0.717, 1.165) is 43.1 Å². The van der Waals surface area contributed by atoms with Crippen molar-refractivity contribution in [2.75, 3.05) is 18.8 Å². The van der Waals surface area contributed by atoms with E-state index in [-0.39, 0.29) is 5.91 Å². The molecule has 0 atom stereocenters. The van der Waals surface area contributed by atoms with E-state index in [4.69, 9.17) is 4.42 Å². The lowest BCUT2D eigenvalue weighted by Gasteiger charge is -2.14. The minimum absolute atomic E-state index is 0.259. The van der Waals surface area contributed by atoms with Crippen LogP contribution in [0.5, 0.6) is 0 Å². The van der Waals surface area contributed by atoms with Crippen LogP contribution in [-0.4, -0.2) is 34.6 Å². The maximum absolute atomic E-state index is 11.8. The number of carbonyl (C=O) groups is 1. The molecule has 4 nitrogen and oxygen atoms in total. The zero-order valence-electron chi connectivity index (χ0n) is 10.4. The molecule has 0 unspecified atom stereocenters. The third-order valence-electron chi connectivity index (χ3n) is 3.01. The molecule has 1 aromatic rings. The molecule has 0 N–H and O–H groups in total. The summed E-state index contributed by atoms with van der Waals surface area (Å²) < 4.78 is 5.45. The van der Waals surface area contributed by atoms with Gasteiger partial charge in [-0.3, -0.25) is 4.79 Å². The van der Waals surface area contributed by atoms with Crippen molar-refractivity contribution in [1.82, 2.24) is 9.88 Å². The molecular weight excluding hydrogens is 236 g/mol. The summed E-state index contributed by atoms with van der Waals surface area (Å²) in [6, 6.07) is 0. The van der Waals surface area contributed by atoms with Gasteiger partial charge >= 0.3 is 0 Å². The second-order valence-electron chi connectivity index (χ2n) is 4.31. The number of carbonyl (C=O) groups excluding carboxylic acids is 1. The molecule has 0 aliphatic carbocycles. The summed E-state index contributed by atoms with van der Waals surface area (Å²) in [5, 5.41) is 0.675. The maximum Gasteiger partial charge on any atom is 0.256 e. The molecule has 1 saturated heterocycles. The van der Waals surface area contributed by atoms with Crippen LogP contribution >= 0.6 is 11.8 Å². The first kappa shape index (κ1) is 12.5. The zero-order valence-corrected chi connectivity index (χ0v) is 11.2. The van der Waals surface area contributed by atoms with E-state index in [1.54, 1.807) is 0 Å². The van der Waals surface area contributed by atoms with Crippen LogP contribution in [0.4, 0.5) is 0 Å². The molecule has 1 amide bonds. The number of likely N-dealkylation sites (tertiary alicyclic amines) is 1. The highest BCUT2D eigenvalue weighted by Crippen LogP contribution is 2.21. The molecule has 2 heterocycles. The van der Waals surface area contributed by atoms with Crippen LogP contribution in [0.15, 0.2) is 9.64 Å². The standard InChI is InChI=1S/C12H18N2O2S/c1-9-10(2)16-12(13-9)17-8-5-11(15)14-6-3-4-7-14/h3-8H2,1-2H3. The Morgan fingerprint density at radius 2 is 2.12 bits per heavy atom. The van der Waals surface area contributed by atoms with E-state index in [2.05, 4.69) is 4.98 Å². The van der Waals surface area contributed by atoms with Gasteiger partial charge < -0.3 is 9.32 Å². The van der Waals surface area contributed by atoms with Gasteiger partial charge in [0.25, 0.3) is 5.22 Å². The lowest BCUT2D eigenvalue weighted by atomic mass is 10.4. The summed E-state index contributed by atoms with van der Waals surface area (Å²) in [6.07, 6.45) is 2.87. The largest absolute Gasteiger partial charge is 0.437 e. The summed E-state index contributed by atoms with van der Waals surface area (Å²) in [7, 11) is 0. The Bertz CT molecular complexity index is 378. The summed E-state index contributed by atoms with van der Waals surface area (Å²) in [6.45, 7) is 5.70. The van der Waals surface area contributed by atoms with Gasteiger partial charge in [-0.15, -0.1) is 0 Å². The Kier molecular flexibility index (Phi) is 4.10. The molecule has 0 bridgehead atoms. The van der Waals surface area contributed by atoms with E-state index in [1.807, 2.05) is 18.7 Å². The quantitative estimate of drug-likeness (QED) is 0.774. The fraction of sp³-hybridized carbons (Fsp3) is 0.667. The van der Waals surface area contributed by atoms with Gasteiger partial charge in [-0.1, -0.05) is 11.8 Å². The van der Waals surface area contributed by atoms with Gasteiger partial charge in [-0.2, -0.15) is 0 Å². The van der Waals surface area contributed by atoms with E-state index in [0.29, 0.717) is 11.6 Å². The molecular formula is C12H18N2O2S. The van der Waals surface area contributed by atoms with Crippen molar-refractivity contribution in [1.29, 1.82) is 0 Å². The van der Waals surface area contributed by atoms with Crippen molar-refractivity contribution in [3.8, 4) is 0 Å². The second-order valence-corrected chi connectivity index (χ2v) is 5.35. The molecule has 17 heavy (non-hydrogen) atoms. The van der Waals surface area contributed by atoms with Gasteiger partial charge in [-0.05, 0) is 26.7 Å². The number of rotatable bonds is 4. The Morgan fingerprint density at radius 3 is 2.71 bits per heavy atom. The normalized spacial score (nSPS) is 15.5. The third-order valence-corrected chi connectivity index (χ3v) is 3.84. The van der Waals surface area contributed by atoms with Crippen LogP contribution in [0, 0.1) is 13.8 Å². The molecule has 5 heteroatoms. The highest BCUT2D eigenvalue weighted by molar-refractivity contribution is 7.99. The third kappa shape index (κ3) is 3.25. The number of nitrogens with zero attached hydrogens (tertiary/aromatic N) is 2. The minimum Gasteiger partial charge on any atom is -0.437 e. The van der Waals surface area contributed by atoms with Crippen LogP contribution in [0.2, 0.25) is 0 Å². The van der Waals surface area contributed by atoms with Crippen molar-refractivity contribution in [2.45, 2.75) is 38.3 Å².